The highest BCUT2D eigenvalue weighted by Gasteiger charge is 2.35. The monoisotopic (exact) mass is 359 g/mol. The number of imide groups is 1. The number of amides is 2. The van der Waals surface area contributed by atoms with Gasteiger partial charge < -0.3 is 9.84 Å². The fourth-order valence-electron chi connectivity index (χ4n) is 3.03. The molecule has 1 aliphatic rings. The van der Waals surface area contributed by atoms with Crippen molar-refractivity contribution in [1.29, 1.82) is 0 Å². The smallest absolute Gasteiger partial charge is 0.311 e. The second-order valence-corrected chi connectivity index (χ2v) is 6.66. The molecule has 1 aliphatic heterocycles. The first kappa shape index (κ1) is 19.8. The second-order valence-electron chi connectivity index (χ2n) is 6.66. The molecule has 0 bridgehead atoms. The van der Waals surface area contributed by atoms with E-state index in [9.17, 15) is 19.5 Å². The molecule has 1 aromatic carbocycles. The number of fused-ring (bicyclic) bond motifs is 1. The van der Waals surface area contributed by atoms with Gasteiger partial charge in [-0.05, 0) is 45.2 Å². The minimum absolute atomic E-state index is 0.208. The minimum Gasteiger partial charge on any atom is -0.469 e. The summed E-state index contributed by atoms with van der Waals surface area (Å²) in [5, 5.41) is 10.4. The molecular weight excluding hydrogens is 334 g/mol. The number of benzene rings is 1. The van der Waals surface area contributed by atoms with Gasteiger partial charge in [-0.1, -0.05) is 23.8 Å². The summed E-state index contributed by atoms with van der Waals surface area (Å²) >= 11 is 0. The first-order valence-corrected chi connectivity index (χ1v) is 8.71. The summed E-state index contributed by atoms with van der Waals surface area (Å²) in [7, 11) is 1.29. The highest BCUT2D eigenvalue weighted by molar-refractivity contribution is 6.21. The Morgan fingerprint density at radius 3 is 2.27 bits per heavy atom. The van der Waals surface area contributed by atoms with E-state index in [-0.39, 0.29) is 18.4 Å². The van der Waals surface area contributed by atoms with Crippen molar-refractivity contribution in [1.82, 2.24) is 4.90 Å². The van der Waals surface area contributed by atoms with Gasteiger partial charge in [0.25, 0.3) is 11.8 Å². The molecule has 0 saturated heterocycles. The number of carbonyl (C=O) groups excluding carboxylic acids is 3. The minimum atomic E-state index is -0.895. The van der Waals surface area contributed by atoms with Crippen LogP contribution < -0.4 is 0 Å². The number of nitrogens with zero attached hydrogens (tertiary/aromatic N) is 1. The van der Waals surface area contributed by atoms with Crippen molar-refractivity contribution in [2.75, 3.05) is 13.7 Å². The maximum atomic E-state index is 12.3. The van der Waals surface area contributed by atoms with Crippen LogP contribution in [0, 0.1) is 5.92 Å². The summed E-state index contributed by atoms with van der Waals surface area (Å²) in [4.78, 5) is 37.7. The van der Waals surface area contributed by atoms with E-state index in [1.807, 2.05) is 19.9 Å². The van der Waals surface area contributed by atoms with Crippen molar-refractivity contribution in [2.45, 2.75) is 39.2 Å². The largest absolute Gasteiger partial charge is 0.469 e. The van der Waals surface area contributed by atoms with Gasteiger partial charge in [0.05, 0.1) is 30.3 Å². The number of allylic oxidation sites excluding steroid dienone is 2. The summed E-state index contributed by atoms with van der Waals surface area (Å²) in [6.45, 7) is 4.05. The van der Waals surface area contributed by atoms with E-state index in [1.54, 1.807) is 24.3 Å². The maximum Gasteiger partial charge on any atom is 0.311 e. The summed E-state index contributed by atoms with van der Waals surface area (Å²) in [6, 6.07) is 6.72. The average Bonchev–Trinajstić information content (AvgIpc) is 2.86. The summed E-state index contributed by atoms with van der Waals surface area (Å²) in [5.41, 5.74) is 1.88. The molecule has 0 aliphatic carbocycles. The first-order valence-electron chi connectivity index (χ1n) is 8.71. The molecule has 2 atom stereocenters. The van der Waals surface area contributed by atoms with E-state index in [2.05, 4.69) is 0 Å². The van der Waals surface area contributed by atoms with Crippen LogP contribution in [0.3, 0.4) is 0 Å². The van der Waals surface area contributed by atoms with E-state index in [1.165, 1.54) is 12.0 Å². The van der Waals surface area contributed by atoms with Crippen LogP contribution in [0.5, 0.6) is 0 Å². The van der Waals surface area contributed by atoms with Crippen molar-refractivity contribution in [2.24, 2.45) is 5.92 Å². The lowest BCUT2D eigenvalue weighted by Gasteiger charge is -2.21. The van der Waals surface area contributed by atoms with Crippen molar-refractivity contribution in [3.05, 3.63) is 47.0 Å². The lowest BCUT2D eigenvalue weighted by Crippen LogP contribution is -2.33. The van der Waals surface area contributed by atoms with Gasteiger partial charge in [-0.2, -0.15) is 0 Å². The second kappa shape index (κ2) is 8.76. The zero-order chi connectivity index (χ0) is 19.3. The molecule has 140 valence electrons. The predicted molar refractivity (Wildman–Crippen MR) is 96.6 cm³/mol. The quantitative estimate of drug-likeness (QED) is 0.438. The fraction of sp³-hybridized carbons (Fsp3) is 0.450. The standard InChI is InChI=1S/C20H25NO5/c1-13(2)10-11-16(20(25)26-3)17(22)9-6-12-21-18(23)14-7-4-5-8-15(14)19(21)24/h4-5,7-8,10,16-17,22H,6,9,11-12H2,1-3H3. The van der Waals surface area contributed by atoms with Crippen molar-refractivity contribution < 1.29 is 24.2 Å². The molecule has 26 heavy (non-hydrogen) atoms. The third-order valence-corrected chi connectivity index (χ3v) is 4.51. The number of hydrogen-bond donors (Lipinski definition) is 1. The lowest BCUT2D eigenvalue weighted by molar-refractivity contribution is -0.149. The molecule has 6 heteroatoms. The zero-order valence-corrected chi connectivity index (χ0v) is 15.4. The Bertz CT molecular complexity index is 686. The van der Waals surface area contributed by atoms with Crippen LogP contribution in [0.1, 0.15) is 53.8 Å². The van der Waals surface area contributed by atoms with Gasteiger partial charge in [0.2, 0.25) is 0 Å². The summed E-state index contributed by atoms with van der Waals surface area (Å²) in [5.74, 6) is -1.74. The van der Waals surface area contributed by atoms with Crippen LogP contribution in [0.2, 0.25) is 0 Å². The van der Waals surface area contributed by atoms with Gasteiger partial charge >= 0.3 is 5.97 Å². The van der Waals surface area contributed by atoms with Crippen LogP contribution in [-0.2, 0) is 9.53 Å². The van der Waals surface area contributed by atoms with Gasteiger partial charge in [-0.3, -0.25) is 19.3 Å². The Kier molecular flexibility index (Phi) is 6.69. The van der Waals surface area contributed by atoms with E-state index < -0.39 is 18.0 Å². The van der Waals surface area contributed by atoms with Crippen LogP contribution in [0.15, 0.2) is 35.9 Å². The van der Waals surface area contributed by atoms with Crippen molar-refractivity contribution in [3.63, 3.8) is 0 Å². The molecule has 2 unspecified atom stereocenters. The normalized spacial score (nSPS) is 15.5. The van der Waals surface area contributed by atoms with E-state index in [4.69, 9.17) is 4.74 Å². The molecule has 0 radical (unpaired) electrons. The zero-order valence-electron chi connectivity index (χ0n) is 15.4. The van der Waals surface area contributed by atoms with Crippen molar-refractivity contribution in [3.8, 4) is 0 Å². The van der Waals surface area contributed by atoms with Gasteiger partial charge in [0.15, 0.2) is 0 Å². The molecule has 0 spiro atoms. The molecule has 6 nitrogen and oxygen atoms in total. The number of ether oxygens (including phenoxy) is 1. The number of aliphatic hydroxyl groups is 1. The van der Waals surface area contributed by atoms with Gasteiger partial charge in [0.1, 0.15) is 0 Å². The molecule has 2 rings (SSSR count). The van der Waals surface area contributed by atoms with Crippen LogP contribution in [-0.4, -0.2) is 47.5 Å². The third kappa shape index (κ3) is 4.38. The maximum absolute atomic E-state index is 12.3. The van der Waals surface area contributed by atoms with Gasteiger partial charge in [-0.15, -0.1) is 0 Å². The number of methoxy groups -OCH3 is 1. The van der Waals surface area contributed by atoms with Crippen LogP contribution in [0.4, 0.5) is 0 Å². The fourth-order valence-corrected chi connectivity index (χ4v) is 3.03. The molecular formula is C20H25NO5. The van der Waals surface area contributed by atoms with Crippen LogP contribution in [0.25, 0.3) is 0 Å². The molecule has 1 N–H and O–H groups in total. The van der Waals surface area contributed by atoms with Gasteiger partial charge in [-0.25, -0.2) is 0 Å². The predicted octanol–water partition coefficient (Wildman–Crippen LogP) is 2.57. The Balaban J connectivity index is 1.94. The Labute approximate surface area is 153 Å². The molecule has 2 amide bonds. The van der Waals surface area contributed by atoms with E-state index in [0.717, 1.165) is 5.57 Å². The highest BCUT2D eigenvalue weighted by atomic mass is 16.5. The number of aliphatic hydroxyl groups excluding tert-OH is 1. The summed E-state index contributed by atoms with van der Waals surface area (Å²) in [6.07, 6.45) is 2.09. The molecule has 1 aromatic rings. The SMILES string of the molecule is COC(=O)C(CC=C(C)C)C(O)CCCN1C(=O)c2ccccc2C1=O. The van der Waals surface area contributed by atoms with Crippen molar-refractivity contribution >= 4 is 17.8 Å². The van der Waals surface area contributed by atoms with E-state index >= 15 is 0 Å². The first-order chi connectivity index (χ1) is 12.4. The molecule has 0 aromatic heterocycles. The van der Waals surface area contributed by atoms with Gasteiger partial charge in [0, 0.05) is 6.54 Å². The Morgan fingerprint density at radius 2 is 1.77 bits per heavy atom. The Hall–Kier alpha value is -2.47. The Morgan fingerprint density at radius 1 is 1.19 bits per heavy atom. The summed E-state index contributed by atoms with van der Waals surface area (Å²) < 4.78 is 4.78. The number of esters is 1. The molecule has 1 heterocycles. The number of hydrogen-bond acceptors (Lipinski definition) is 5. The van der Waals surface area contributed by atoms with E-state index in [0.29, 0.717) is 30.4 Å². The third-order valence-electron chi connectivity index (χ3n) is 4.51. The highest BCUT2D eigenvalue weighted by Crippen LogP contribution is 2.24. The average molecular weight is 359 g/mol. The van der Waals surface area contributed by atoms with Crippen LogP contribution >= 0.6 is 0 Å². The molecule has 0 fully saturated rings. The lowest BCUT2D eigenvalue weighted by atomic mass is 9.94. The topological polar surface area (TPSA) is 83.9 Å². The molecule has 0 saturated carbocycles. The number of rotatable bonds is 8. The number of carbonyl (C=O) groups is 3.